The lowest BCUT2D eigenvalue weighted by atomic mass is 10.2. The summed E-state index contributed by atoms with van der Waals surface area (Å²) in [6, 6.07) is 5.24. The zero-order valence-corrected chi connectivity index (χ0v) is 11.7. The fourth-order valence-electron chi connectivity index (χ4n) is 2.00. The minimum Gasteiger partial charge on any atom is -0.360 e. The van der Waals surface area contributed by atoms with E-state index in [-0.39, 0.29) is 5.82 Å². The second-order valence-corrected chi connectivity index (χ2v) is 5.47. The van der Waals surface area contributed by atoms with Crippen molar-refractivity contribution in [1.29, 1.82) is 0 Å². The highest BCUT2D eigenvalue weighted by atomic mass is 79.9. The minimum atomic E-state index is -0.273. The highest BCUT2D eigenvalue weighted by Gasteiger charge is 2.15. The summed E-state index contributed by atoms with van der Waals surface area (Å²) in [5, 5.41) is 6.94. The molecule has 0 bridgehead atoms. The van der Waals surface area contributed by atoms with E-state index in [1.54, 1.807) is 12.1 Å². The Labute approximate surface area is 114 Å². The molecular weight excluding hydrogens is 303 g/mol. The molecule has 0 radical (unpaired) electrons. The summed E-state index contributed by atoms with van der Waals surface area (Å²) in [4.78, 5) is 0. The van der Waals surface area contributed by atoms with Gasteiger partial charge in [-0.1, -0.05) is 12.8 Å². The first kappa shape index (κ1) is 12.8. The van der Waals surface area contributed by atoms with Crippen molar-refractivity contribution in [1.82, 2.24) is 5.32 Å². The summed E-state index contributed by atoms with van der Waals surface area (Å²) < 4.78 is 13.5. The van der Waals surface area contributed by atoms with Crippen LogP contribution in [0, 0.1) is 5.82 Å². The van der Waals surface area contributed by atoms with E-state index in [2.05, 4.69) is 26.6 Å². The molecule has 1 aliphatic rings. The van der Waals surface area contributed by atoms with Gasteiger partial charge >= 0.3 is 0 Å². The number of nitrogens with one attached hydrogen (secondary N) is 2. The maximum atomic E-state index is 13.0. The molecule has 17 heavy (non-hydrogen) atoms. The van der Waals surface area contributed by atoms with Gasteiger partial charge in [0.05, 0.1) is 4.47 Å². The van der Waals surface area contributed by atoms with Gasteiger partial charge < -0.3 is 10.6 Å². The van der Waals surface area contributed by atoms with E-state index in [1.807, 2.05) is 0 Å². The predicted octanol–water partition coefficient (Wildman–Crippen LogP) is 3.82. The smallest absolute Gasteiger partial charge is 0.170 e. The van der Waals surface area contributed by atoms with Crippen molar-refractivity contribution >= 4 is 38.9 Å². The van der Waals surface area contributed by atoms with Crippen molar-refractivity contribution in [2.45, 2.75) is 31.7 Å². The predicted molar refractivity (Wildman–Crippen MR) is 75.7 cm³/mol. The minimum absolute atomic E-state index is 0.273. The Hall–Kier alpha value is -0.680. The molecule has 1 fully saturated rings. The fourth-order valence-corrected chi connectivity index (χ4v) is 2.66. The Morgan fingerprint density at radius 1 is 1.35 bits per heavy atom. The Bertz CT molecular complexity index is 419. The van der Waals surface area contributed by atoms with Crippen molar-refractivity contribution in [2.24, 2.45) is 0 Å². The van der Waals surface area contributed by atoms with Crippen molar-refractivity contribution in [3.05, 3.63) is 28.5 Å². The van der Waals surface area contributed by atoms with Gasteiger partial charge in [-0.15, -0.1) is 0 Å². The summed E-state index contributed by atoms with van der Waals surface area (Å²) in [6.07, 6.45) is 4.88. The van der Waals surface area contributed by atoms with Crippen LogP contribution in [0.3, 0.4) is 0 Å². The maximum Gasteiger partial charge on any atom is 0.170 e. The van der Waals surface area contributed by atoms with Crippen LogP contribution in [0.1, 0.15) is 25.7 Å². The lowest BCUT2D eigenvalue weighted by molar-refractivity contribution is 0.621. The number of anilines is 1. The zero-order valence-electron chi connectivity index (χ0n) is 9.30. The molecule has 0 atom stereocenters. The van der Waals surface area contributed by atoms with Crippen LogP contribution in [0.5, 0.6) is 0 Å². The molecule has 0 unspecified atom stereocenters. The Kier molecular flexibility index (Phi) is 4.34. The molecule has 0 spiro atoms. The summed E-state index contributed by atoms with van der Waals surface area (Å²) in [6.45, 7) is 0. The van der Waals surface area contributed by atoms with Gasteiger partial charge in [-0.2, -0.15) is 0 Å². The highest BCUT2D eigenvalue weighted by molar-refractivity contribution is 9.10. The van der Waals surface area contributed by atoms with Gasteiger partial charge in [0.15, 0.2) is 5.11 Å². The second kappa shape index (κ2) is 5.78. The Morgan fingerprint density at radius 2 is 2.06 bits per heavy atom. The Morgan fingerprint density at radius 3 is 2.71 bits per heavy atom. The quantitative estimate of drug-likeness (QED) is 0.811. The van der Waals surface area contributed by atoms with Crippen molar-refractivity contribution in [3.63, 3.8) is 0 Å². The van der Waals surface area contributed by atoms with E-state index in [1.165, 1.54) is 31.7 Å². The van der Waals surface area contributed by atoms with Crippen LogP contribution in [0.4, 0.5) is 10.1 Å². The molecular formula is C12H14BrFN2S. The van der Waals surface area contributed by atoms with E-state index in [4.69, 9.17) is 12.2 Å². The van der Waals surface area contributed by atoms with Crippen LogP contribution < -0.4 is 10.6 Å². The monoisotopic (exact) mass is 316 g/mol. The van der Waals surface area contributed by atoms with Crippen LogP contribution in [-0.2, 0) is 0 Å². The first-order valence-electron chi connectivity index (χ1n) is 5.68. The van der Waals surface area contributed by atoms with Gasteiger partial charge in [0.2, 0.25) is 0 Å². The molecule has 1 aromatic rings. The molecule has 2 N–H and O–H groups in total. The first-order chi connectivity index (χ1) is 8.15. The fraction of sp³-hybridized carbons (Fsp3) is 0.417. The molecule has 0 saturated heterocycles. The average molecular weight is 317 g/mol. The number of benzene rings is 1. The van der Waals surface area contributed by atoms with Crippen molar-refractivity contribution in [2.75, 3.05) is 5.32 Å². The van der Waals surface area contributed by atoms with Crippen LogP contribution in [0.2, 0.25) is 0 Å². The summed E-state index contributed by atoms with van der Waals surface area (Å²) in [7, 11) is 0. The van der Waals surface area contributed by atoms with Crippen LogP contribution >= 0.6 is 28.1 Å². The van der Waals surface area contributed by atoms with E-state index in [9.17, 15) is 4.39 Å². The van der Waals surface area contributed by atoms with Crippen LogP contribution in [0.25, 0.3) is 0 Å². The van der Waals surface area contributed by atoms with E-state index in [0.29, 0.717) is 15.6 Å². The number of halogens is 2. The van der Waals surface area contributed by atoms with E-state index < -0.39 is 0 Å². The number of thiocarbonyl (C=S) groups is 1. The number of hydrogen-bond donors (Lipinski definition) is 2. The molecule has 1 aromatic carbocycles. The molecule has 1 aliphatic carbocycles. The summed E-state index contributed by atoms with van der Waals surface area (Å²) >= 11 is 8.36. The van der Waals surface area contributed by atoms with Crippen molar-refractivity contribution < 1.29 is 4.39 Å². The molecule has 2 nitrogen and oxygen atoms in total. The molecule has 0 aliphatic heterocycles. The highest BCUT2D eigenvalue weighted by Crippen LogP contribution is 2.21. The summed E-state index contributed by atoms with van der Waals surface area (Å²) in [5.74, 6) is -0.273. The van der Waals surface area contributed by atoms with Gasteiger partial charge in [-0.05, 0) is 59.2 Å². The average Bonchev–Trinajstić information content (AvgIpc) is 2.76. The molecule has 1 saturated carbocycles. The third-order valence-corrected chi connectivity index (χ3v) is 3.70. The van der Waals surface area contributed by atoms with Crippen molar-refractivity contribution in [3.8, 4) is 0 Å². The second-order valence-electron chi connectivity index (χ2n) is 4.21. The number of rotatable bonds is 2. The number of hydrogen-bond acceptors (Lipinski definition) is 1. The van der Waals surface area contributed by atoms with Gasteiger partial charge in [-0.3, -0.25) is 0 Å². The van der Waals surface area contributed by atoms with E-state index >= 15 is 0 Å². The molecule has 0 amide bonds. The molecule has 0 aromatic heterocycles. The van der Waals surface area contributed by atoms with Crippen LogP contribution in [-0.4, -0.2) is 11.2 Å². The molecule has 92 valence electrons. The molecule has 5 heteroatoms. The largest absolute Gasteiger partial charge is 0.360 e. The first-order valence-corrected chi connectivity index (χ1v) is 6.88. The molecule has 0 heterocycles. The standard InChI is InChI=1S/C12H14BrFN2S/c13-10-7-9(5-6-11(10)14)16-12(17)15-8-3-1-2-4-8/h5-8H,1-4H2,(H2,15,16,17). The zero-order chi connectivity index (χ0) is 12.3. The third-order valence-electron chi connectivity index (χ3n) is 2.87. The van der Waals surface area contributed by atoms with Gasteiger partial charge in [0.25, 0.3) is 0 Å². The van der Waals surface area contributed by atoms with Gasteiger partial charge in [0, 0.05) is 11.7 Å². The maximum absolute atomic E-state index is 13.0. The lowest BCUT2D eigenvalue weighted by Gasteiger charge is -2.15. The molecule has 2 rings (SSSR count). The van der Waals surface area contributed by atoms with Gasteiger partial charge in [-0.25, -0.2) is 4.39 Å². The summed E-state index contributed by atoms with van der Waals surface area (Å²) in [5.41, 5.74) is 0.786. The lowest BCUT2D eigenvalue weighted by Crippen LogP contribution is -2.35. The third kappa shape index (κ3) is 3.64. The van der Waals surface area contributed by atoms with E-state index in [0.717, 1.165) is 5.69 Å². The SMILES string of the molecule is Fc1ccc(NC(=S)NC2CCCC2)cc1Br. The topological polar surface area (TPSA) is 24.1 Å². The van der Waals surface area contributed by atoms with Crippen LogP contribution in [0.15, 0.2) is 22.7 Å². The van der Waals surface area contributed by atoms with Gasteiger partial charge in [0.1, 0.15) is 5.82 Å². The Balaban J connectivity index is 1.90. The normalized spacial score (nSPS) is 15.9.